The molecule has 30 heavy (non-hydrogen) atoms. The summed E-state index contributed by atoms with van der Waals surface area (Å²) in [6.07, 6.45) is 0. The molecule has 0 bridgehead atoms. The summed E-state index contributed by atoms with van der Waals surface area (Å²) in [5, 5.41) is 2.83. The van der Waals surface area contributed by atoms with Crippen molar-refractivity contribution < 1.29 is 26.4 Å². The molecule has 6 nitrogen and oxygen atoms in total. The number of hydrogen-bond donors (Lipinski definition) is 1. The summed E-state index contributed by atoms with van der Waals surface area (Å²) in [5.41, 5.74) is 0.771. The lowest BCUT2D eigenvalue weighted by molar-refractivity contribution is -0.123. The second-order valence-electron chi connectivity index (χ2n) is 7.10. The van der Waals surface area contributed by atoms with Crippen LogP contribution in [0.1, 0.15) is 18.5 Å². The smallest absolute Gasteiger partial charge is 0.243 e. The average molecular weight is 441 g/mol. The highest BCUT2D eigenvalue weighted by atomic mass is 32.2. The zero-order valence-corrected chi connectivity index (χ0v) is 17.1. The van der Waals surface area contributed by atoms with E-state index < -0.39 is 21.7 Å². The molecule has 1 atom stereocenters. The van der Waals surface area contributed by atoms with Gasteiger partial charge in [0.25, 0.3) is 0 Å². The Morgan fingerprint density at radius 2 is 1.63 bits per heavy atom. The van der Waals surface area contributed by atoms with Crippen LogP contribution in [0, 0.1) is 17.5 Å². The molecule has 2 aromatic carbocycles. The van der Waals surface area contributed by atoms with E-state index in [1.54, 1.807) is 19.1 Å². The molecular weight excluding hydrogens is 419 g/mol. The standard InChI is InChI=1S/C20H22F3N3O3S/c1-14(15-2-4-16(21)5-3-15)24-20(27)13-25-8-10-26(11-9-25)30(28,29)17-6-7-18(22)19(23)12-17/h2-7,12,14H,8-11,13H2,1H3,(H,24,27)/t14-/m0/s1. The van der Waals surface area contributed by atoms with Gasteiger partial charge in [0.15, 0.2) is 11.6 Å². The molecule has 0 unspecified atom stereocenters. The lowest BCUT2D eigenvalue weighted by atomic mass is 10.1. The SMILES string of the molecule is C[C@H](NC(=O)CN1CCN(S(=O)(=O)c2ccc(F)c(F)c2)CC1)c1ccc(F)cc1. The Hall–Kier alpha value is -2.43. The lowest BCUT2D eigenvalue weighted by Crippen LogP contribution is -2.51. The molecule has 1 aliphatic heterocycles. The molecule has 0 spiro atoms. The van der Waals surface area contributed by atoms with Gasteiger partial charge in [-0.05, 0) is 42.8 Å². The van der Waals surface area contributed by atoms with Gasteiger partial charge in [0.1, 0.15) is 5.82 Å². The maximum atomic E-state index is 13.4. The number of rotatable bonds is 6. The van der Waals surface area contributed by atoms with Gasteiger partial charge in [-0.1, -0.05) is 12.1 Å². The zero-order valence-electron chi connectivity index (χ0n) is 16.3. The third-order valence-electron chi connectivity index (χ3n) is 4.97. The molecule has 1 heterocycles. The van der Waals surface area contributed by atoms with Crippen LogP contribution in [-0.2, 0) is 14.8 Å². The van der Waals surface area contributed by atoms with Crippen LogP contribution in [0.4, 0.5) is 13.2 Å². The molecule has 0 aliphatic carbocycles. The first-order valence-electron chi connectivity index (χ1n) is 9.39. The zero-order chi connectivity index (χ0) is 21.9. The van der Waals surface area contributed by atoms with Gasteiger partial charge >= 0.3 is 0 Å². The van der Waals surface area contributed by atoms with Crippen LogP contribution in [0.25, 0.3) is 0 Å². The van der Waals surface area contributed by atoms with E-state index in [1.807, 2.05) is 4.90 Å². The summed E-state index contributed by atoms with van der Waals surface area (Å²) < 4.78 is 65.9. The van der Waals surface area contributed by atoms with Crippen molar-refractivity contribution in [3.63, 3.8) is 0 Å². The number of sulfonamides is 1. The largest absolute Gasteiger partial charge is 0.348 e. The Balaban J connectivity index is 1.53. The molecule has 1 N–H and O–H groups in total. The maximum absolute atomic E-state index is 13.4. The highest BCUT2D eigenvalue weighted by Crippen LogP contribution is 2.20. The minimum atomic E-state index is -3.94. The number of nitrogens with one attached hydrogen (secondary N) is 1. The summed E-state index contributed by atoms with van der Waals surface area (Å²) in [6.45, 7) is 2.77. The van der Waals surface area contributed by atoms with Crippen LogP contribution in [0.15, 0.2) is 47.4 Å². The van der Waals surface area contributed by atoms with E-state index in [2.05, 4.69) is 5.32 Å². The van der Waals surface area contributed by atoms with Crippen LogP contribution >= 0.6 is 0 Å². The van der Waals surface area contributed by atoms with Crippen molar-refractivity contribution in [2.24, 2.45) is 0 Å². The van der Waals surface area contributed by atoms with Crippen LogP contribution in [-0.4, -0.2) is 56.3 Å². The average Bonchev–Trinajstić information content (AvgIpc) is 2.70. The lowest BCUT2D eigenvalue weighted by Gasteiger charge is -2.33. The molecule has 1 saturated heterocycles. The predicted molar refractivity (Wildman–Crippen MR) is 105 cm³/mol. The van der Waals surface area contributed by atoms with Gasteiger partial charge in [0.05, 0.1) is 17.5 Å². The fraction of sp³-hybridized carbons (Fsp3) is 0.350. The summed E-state index contributed by atoms with van der Waals surface area (Å²) >= 11 is 0. The Labute approximate surface area is 173 Å². The van der Waals surface area contributed by atoms with Gasteiger partial charge in [-0.3, -0.25) is 9.69 Å². The molecular formula is C20H22F3N3O3S. The quantitative estimate of drug-likeness (QED) is 0.747. The molecule has 10 heteroatoms. The molecule has 3 rings (SSSR count). The third kappa shape index (κ3) is 5.18. The molecule has 1 fully saturated rings. The number of carbonyl (C=O) groups is 1. The Kier molecular flexibility index (Phi) is 6.79. The van der Waals surface area contributed by atoms with Gasteiger partial charge in [-0.15, -0.1) is 0 Å². The van der Waals surface area contributed by atoms with E-state index in [-0.39, 0.29) is 42.3 Å². The topological polar surface area (TPSA) is 69.7 Å². The van der Waals surface area contributed by atoms with E-state index in [9.17, 15) is 26.4 Å². The molecule has 2 aromatic rings. The second-order valence-corrected chi connectivity index (χ2v) is 9.03. The van der Waals surface area contributed by atoms with E-state index in [4.69, 9.17) is 0 Å². The van der Waals surface area contributed by atoms with Crippen molar-refractivity contribution in [3.05, 3.63) is 65.5 Å². The number of amides is 1. The van der Waals surface area contributed by atoms with Crippen molar-refractivity contribution in [1.29, 1.82) is 0 Å². The second kappa shape index (κ2) is 9.15. The summed E-state index contributed by atoms with van der Waals surface area (Å²) in [6, 6.07) is 8.03. The van der Waals surface area contributed by atoms with Crippen LogP contribution in [0.3, 0.4) is 0 Å². The number of hydrogen-bond acceptors (Lipinski definition) is 4. The minimum absolute atomic E-state index is 0.0879. The molecule has 1 aliphatic rings. The normalized spacial score (nSPS) is 16.9. The molecule has 0 aromatic heterocycles. The summed E-state index contributed by atoms with van der Waals surface area (Å²) in [5.74, 6) is -2.92. The fourth-order valence-electron chi connectivity index (χ4n) is 3.24. The molecule has 1 amide bonds. The van der Waals surface area contributed by atoms with Gasteiger partial charge in [0.2, 0.25) is 15.9 Å². The molecule has 162 valence electrons. The Morgan fingerprint density at radius 1 is 1.00 bits per heavy atom. The number of halogens is 3. The third-order valence-corrected chi connectivity index (χ3v) is 6.87. The molecule has 0 saturated carbocycles. The molecule has 0 radical (unpaired) electrons. The van der Waals surface area contributed by atoms with Crippen LogP contribution in [0.5, 0.6) is 0 Å². The highest BCUT2D eigenvalue weighted by Gasteiger charge is 2.29. The van der Waals surface area contributed by atoms with E-state index in [1.165, 1.54) is 16.4 Å². The van der Waals surface area contributed by atoms with Gasteiger partial charge in [0, 0.05) is 26.2 Å². The number of nitrogens with zero attached hydrogens (tertiary/aromatic N) is 2. The minimum Gasteiger partial charge on any atom is -0.348 e. The monoisotopic (exact) mass is 441 g/mol. The number of benzene rings is 2. The van der Waals surface area contributed by atoms with E-state index in [0.717, 1.165) is 17.7 Å². The van der Waals surface area contributed by atoms with Crippen LogP contribution < -0.4 is 5.32 Å². The first-order chi connectivity index (χ1) is 14.2. The van der Waals surface area contributed by atoms with Crippen molar-refractivity contribution in [2.45, 2.75) is 17.9 Å². The van der Waals surface area contributed by atoms with Crippen molar-refractivity contribution in [3.8, 4) is 0 Å². The maximum Gasteiger partial charge on any atom is 0.243 e. The fourth-order valence-corrected chi connectivity index (χ4v) is 4.67. The van der Waals surface area contributed by atoms with Crippen molar-refractivity contribution >= 4 is 15.9 Å². The van der Waals surface area contributed by atoms with Gasteiger partial charge in [-0.2, -0.15) is 4.31 Å². The van der Waals surface area contributed by atoms with Crippen molar-refractivity contribution in [1.82, 2.24) is 14.5 Å². The summed E-state index contributed by atoms with van der Waals surface area (Å²) in [4.78, 5) is 13.8. The van der Waals surface area contributed by atoms with Crippen molar-refractivity contribution in [2.75, 3.05) is 32.7 Å². The highest BCUT2D eigenvalue weighted by molar-refractivity contribution is 7.89. The predicted octanol–water partition coefficient (Wildman–Crippen LogP) is 2.29. The van der Waals surface area contributed by atoms with Gasteiger partial charge in [-0.25, -0.2) is 21.6 Å². The first-order valence-corrected chi connectivity index (χ1v) is 10.8. The van der Waals surface area contributed by atoms with Crippen LogP contribution in [0.2, 0.25) is 0 Å². The van der Waals surface area contributed by atoms with E-state index in [0.29, 0.717) is 19.2 Å². The number of piperazine rings is 1. The van der Waals surface area contributed by atoms with E-state index >= 15 is 0 Å². The summed E-state index contributed by atoms with van der Waals surface area (Å²) in [7, 11) is -3.94. The Bertz CT molecular complexity index is 1010. The number of carbonyl (C=O) groups excluding carboxylic acids is 1. The first kappa shape index (κ1) is 22.3. The Morgan fingerprint density at radius 3 is 2.23 bits per heavy atom. The van der Waals surface area contributed by atoms with Gasteiger partial charge < -0.3 is 5.32 Å².